The summed E-state index contributed by atoms with van der Waals surface area (Å²) >= 11 is 0. The molecule has 1 saturated heterocycles. The normalized spacial score (nSPS) is 34.6. The molecule has 0 aliphatic carbocycles. The molecule has 12 heavy (non-hydrogen) atoms. The highest BCUT2D eigenvalue weighted by atomic mass is 16.7. The molecule has 3 atom stereocenters. The maximum atomic E-state index is 9.86. The highest BCUT2D eigenvalue weighted by molar-refractivity contribution is 4.91. The van der Waals surface area contributed by atoms with Crippen LogP contribution in [0.25, 0.3) is 0 Å². The number of aliphatic hydroxyl groups is 1. The monoisotopic (exact) mass is 172 g/mol. The number of rotatable bonds is 3. The van der Waals surface area contributed by atoms with Gasteiger partial charge in [0.15, 0.2) is 6.29 Å². The third-order valence-electron chi connectivity index (χ3n) is 2.09. The quantitative estimate of drug-likeness (QED) is 0.647. The van der Waals surface area contributed by atoms with Gasteiger partial charge in [-0.05, 0) is 20.3 Å². The first-order valence-electron chi connectivity index (χ1n) is 4.16. The molecular weight excluding hydrogens is 156 g/mol. The molecule has 1 rings (SSSR count). The average molecular weight is 172 g/mol. The van der Waals surface area contributed by atoms with E-state index in [4.69, 9.17) is 9.47 Å². The summed E-state index contributed by atoms with van der Waals surface area (Å²) in [6, 6.07) is 0. The Hall–Kier alpha value is -0.380. The third-order valence-corrected chi connectivity index (χ3v) is 2.09. The van der Waals surface area contributed by atoms with Gasteiger partial charge in [0.05, 0.1) is 12.2 Å². The van der Waals surface area contributed by atoms with E-state index in [0.717, 1.165) is 0 Å². The fourth-order valence-corrected chi connectivity index (χ4v) is 1.28. The Bertz CT molecular complexity index is 165. The van der Waals surface area contributed by atoms with Crippen LogP contribution in [0.3, 0.4) is 0 Å². The highest BCUT2D eigenvalue weighted by Gasteiger charge is 2.37. The second-order valence-corrected chi connectivity index (χ2v) is 3.38. The van der Waals surface area contributed by atoms with Crippen LogP contribution in [-0.2, 0) is 9.47 Å². The Morgan fingerprint density at radius 1 is 1.75 bits per heavy atom. The van der Waals surface area contributed by atoms with Crippen molar-refractivity contribution in [3.63, 3.8) is 0 Å². The zero-order chi connectivity index (χ0) is 9.19. The number of hydrogen-bond donors (Lipinski definition) is 1. The molecule has 70 valence electrons. The summed E-state index contributed by atoms with van der Waals surface area (Å²) in [6.45, 7) is 7.60. The van der Waals surface area contributed by atoms with Gasteiger partial charge in [0.25, 0.3) is 0 Å². The topological polar surface area (TPSA) is 38.7 Å². The number of ether oxygens (including phenoxy) is 2. The van der Waals surface area contributed by atoms with Crippen molar-refractivity contribution >= 4 is 0 Å². The molecule has 0 aromatic rings. The van der Waals surface area contributed by atoms with Crippen molar-refractivity contribution < 1.29 is 14.6 Å². The molecule has 1 heterocycles. The lowest BCUT2D eigenvalue weighted by atomic mass is 9.96. The Morgan fingerprint density at radius 3 is 2.83 bits per heavy atom. The Morgan fingerprint density at radius 2 is 2.42 bits per heavy atom. The van der Waals surface area contributed by atoms with Gasteiger partial charge in [-0.1, -0.05) is 6.08 Å². The second kappa shape index (κ2) is 3.56. The zero-order valence-electron chi connectivity index (χ0n) is 7.62. The molecule has 0 aromatic heterocycles. The minimum Gasteiger partial charge on any atom is -0.387 e. The van der Waals surface area contributed by atoms with Crippen LogP contribution in [0, 0.1) is 0 Å². The van der Waals surface area contributed by atoms with E-state index in [9.17, 15) is 5.11 Å². The summed E-state index contributed by atoms with van der Waals surface area (Å²) in [7, 11) is 0. The van der Waals surface area contributed by atoms with Gasteiger partial charge in [-0.2, -0.15) is 0 Å². The fraction of sp³-hybridized carbons (Fsp3) is 0.778. The molecular formula is C9H16O3. The van der Waals surface area contributed by atoms with Crippen LogP contribution in [0.4, 0.5) is 0 Å². The molecule has 1 aliphatic rings. The Kier molecular flexibility index (Phi) is 2.88. The van der Waals surface area contributed by atoms with Crippen molar-refractivity contribution in [2.45, 2.75) is 38.3 Å². The largest absolute Gasteiger partial charge is 0.387 e. The lowest BCUT2D eigenvalue weighted by Gasteiger charge is -2.26. The van der Waals surface area contributed by atoms with Gasteiger partial charge < -0.3 is 14.6 Å². The molecule has 1 N–H and O–H groups in total. The van der Waals surface area contributed by atoms with Crippen LogP contribution in [0.15, 0.2) is 12.7 Å². The summed E-state index contributed by atoms with van der Waals surface area (Å²) < 4.78 is 10.5. The second-order valence-electron chi connectivity index (χ2n) is 3.38. The lowest BCUT2D eigenvalue weighted by Crippen LogP contribution is -2.40. The van der Waals surface area contributed by atoms with E-state index in [2.05, 4.69) is 6.58 Å². The van der Waals surface area contributed by atoms with E-state index in [1.165, 1.54) is 0 Å². The van der Waals surface area contributed by atoms with Crippen molar-refractivity contribution in [1.29, 1.82) is 0 Å². The minimum absolute atomic E-state index is 0.203. The van der Waals surface area contributed by atoms with Crippen molar-refractivity contribution in [2.75, 3.05) is 6.61 Å². The zero-order valence-corrected chi connectivity index (χ0v) is 7.62. The third kappa shape index (κ3) is 2.06. The summed E-state index contributed by atoms with van der Waals surface area (Å²) in [5.41, 5.74) is -0.855. The minimum atomic E-state index is -0.855. The standard InChI is InChI=1S/C9H16O3/c1-4-5-9(3,10)8-6-11-7(2)12-8/h4,7-8,10H,1,5-6H2,2-3H3/t7-,8-,9?/m1/s1. The van der Waals surface area contributed by atoms with E-state index in [1.807, 2.05) is 6.92 Å². The molecule has 0 aromatic carbocycles. The average Bonchev–Trinajstić information content (AvgIpc) is 2.36. The van der Waals surface area contributed by atoms with Gasteiger partial charge in [0.1, 0.15) is 6.10 Å². The van der Waals surface area contributed by atoms with E-state index in [1.54, 1.807) is 13.0 Å². The molecule has 3 nitrogen and oxygen atoms in total. The molecule has 0 spiro atoms. The fourth-order valence-electron chi connectivity index (χ4n) is 1.28. The smallest absolute Gasteiger partial charge is 0.155 e. The molecule has 0 amide bonds. The van der Waals surface area contributed by atoms with Crippen molar-refractivity contribution in [3.05, 3.63) is 12.7 Å². The van der Waals surface area contributed by atoms with Crippen LogP contribution in [0.1, 0.15) is 20.3 Å². The van der Waals surface area contributed by atoms with E-state index in [0.29, 0.717) is 13.0 Å². The molecule has 1 fully saturated rings. The summed E-state index contributed by atoms with van der Waals surface area (Å²) in [6.07, 6.45) is 1.77. The van der Waals surface area contributed by atoms with Crippen molar-refractivity contribution in [3.8, 4) is 0 Å². The lowest BCUT2D eigenvalue weighted by molar-refractivity contribution is -0.102. The van der Waals surface area contributed by atoms with E-state index in [-0.39, 0.29) is 12.4 Å². The maximum Gasteiger partial charge on any atom is 0.155 e. The summed E-state index contributed by atoms with van der Waals surface area (Å²) in [5, 5.41) is 9.86. The SMILES string of the molecule is C=CCC(C)(O)[C@H]1CO[C@@H](C)O1. The van der Waals surface area contributed by atoms with Gasteiger partial charge in [-0.25, -0.2) is 0 Å². The maximum absolute atomic E-state index is 9.86. The van der Waals surface area contributed by atoms with E-state index < -0.39 is 5.60 Å². The van der Waals surface area contributed by atoms with Crippen molar-refractivity contribution in [2.24, 2.45) is 0 Å². The highest BCUT2D eigenvalue weighted by Crippen LogP contribution is 2.24. The predicted molar refractivity (Wildman–Crippen MR) is 45.7 cm³/mol. The molecule has 3 heteroatoms. The summed E-state index contributed by atoms with van der Waals surface area (Å²) in [5.74, 6) is 0. The van der Waals surface area contributed by atoms with E-state index >= 15 is 0 Å². The predicted octanol–water partition coefficient (Wildman–Crippen LogP) is 1.07. The Labute approximate surface area is 73.0 Å². The molecule has 0 bridgehead atoms. The molecule has 1 aliphatic heterocycles. The van der Waals surface area contributed by atoms with Gasteiger partial charge in [0, 0.05) is 0 Å². The van der Waals surface area contributed by atoms with Crippen LogP contribution in [0.5, 0.6) is 0 Å². The van der Waals surface area contributed by atoms with Crippen LogP contribution >= 0.6 is 0 Å². The van der Waals surface area contributed by atoms with Gasteiger partial charge in [-0.3, -0.25) is 0 Å². The van der Waals surface area contributed by atoms with Crippen molar-refractivity contribution in [1.82, 2.24) is 0 Å². The first-order chi connectivity index (χ1) is 5.56. The van der Waals surface area contributed by atoms with Crippen LogP contribution in [0.2, 0.25) is 0 Å². The van der Waals surface area contributed by atoms with Gasteiger partial charge >= 0.3 is 0 Å². The molecule has 1 unspecified atom stereocenters. The number of hydrogen-bond acceptors (Lipinski definition) is 3. The van der Waals surface area contributed by atoms with Gasteiger partial charge in [0.2, 0.25) is 0 Å². The van der Waals surface area contributed by atoms with Crippen LogP contribution in [-0.4, -0.2) is 29.7 Å². The van der Waals surface area contributed by atoms with Crippen LogP contribution < -0.4 is 0 Å². The molecule has 0 saturated carbocycles. The Balaban J connectivity index is 2.50. The first kappa shape index (κ1) is 9.71. The first-order valence-corrected chi connectivity index (χ1v) is 4.16. The molecule has 0 radical (unpaired) electrons. The van der Waals surface area contributed by atoms with Gasteiger partial charge in [-0.15, -0.1) is 6.58 Å². The summed E-state index contributed by atoms with van der Waals surface area (Å²) in [4.78, 5) is 0.